The Labute approximate surface area is 101 Å². The number of halogens is 1. The van der Waals surface area contributed by atoms with E-state index in [-0.39, 0.29) is 18.2 Å². The lowest BCUT2D eigenvalue weighted by Gasteiger charge is -2.10. The van der Waals surface area contributed by atoms with Crippen LogP contribution in [0.3, 0.4) is 0 Å². The Morgan fingerprint density at radius 3 is 2.61 bits per heavy atom. The predicted octanol–water partition coefficient (Wildman–Crippen LogP) is 0.849. The highest BCUT2D eigenvalue weighted by Crippen LogP contribution is 2.14. The van der Waals surface area contributed by atoms with Gasteiger partial charge in [0.1, 0.15) is 12.1 Å². The Balaban J connectivity index is 2.08. The van der Waals surface area contributed by atoms with Gasteiger partial charge in [-0.1, -0.05) is 12.1 Å². The summed E-state index contributed by atoms with van der Waals surface area (Å²) in [7, 11) is 0. The van der Waals surface area contributed by atoms with Crippen LogP contribution in [-0.2, 0) is 6.54 Å². The number of rotatable bonds is 4. The van der Waals surface area contributed by atoms with Crippen molar-refractivity contribution in [3.05, 3.63) is 47.8 Å². The van der Waals surface area contributed by atoms with Crippen molar-refractivity contribution in [3.63, 3.8) is 0 Å². The molecule has 1 atom stereocenters. The van der Waals surface area contributed by atoms with E-state index in [2.05, 4.69) is 10.1 Å². The zero-order valence-electron chi connectivity index (χ0n) is 9.19. The normalized spacial score (nSPS) is 12.3. The van der Waals surface area contributed by atoms with Gasteiger partial charge >= 0.3 is 5.97 Å². The maximum atomic E-state index is 12.7. The van der Waals surface area contributed by atoms with Gasteiger partial charge in [-0.2, -0.15) is 0 Å². The van der Waals surface area contributed by atoms with Gasteiger partial charge in [0.05, 0.1) is 12.6 Å². The van der Waals surface area contributed by atoms with Gasteiger partial charge in [-0.25, -0.2) is 18.9 Å². The minimum absolute atomic E-state index is 0.0475. The number of aliphatic hydroxyl groups is 1. The number of carbonyl (C=O) groups is 1. The standard InChI is InChI=1S/C11H10FN3O3/c12-8-3-1-7(2-4-8)9(16)5-15-6-13-10(14-15)11(17)18/h1-4,6,9,16H,5H2,(H,17,18). The molecule has 6 nitrogen and oxygen atoms in total. The summed E-state index contributed by atoms with van der Waals surface area (Å²) < 4.78 is 13.9. The third-order valence-electron chi connectivity index (χ3n) is 2.34. The van der Waals surface area contributed by atoms with Crippen molar-refractivity contribution < 1.29 is 19.4 Å². The van der Waals surface area contributed by atoms with Gasteiger partial charge in [-0.15, -0.1) is 5.10 Å². The maximum Gasteiger partial charge on any atom is 0.375 e. The first-order valence-corrected chi connectivity index (χ1v) is 5.12. The molecule has 1 unspecified atom stereocenters. The maximum absolute atomic E-state index is 12.7. The Kier molecular flexibility index (Phi) is 3.33. The lowest BCUT2D eigenvalue weighted by molar-refractivity contribution is 0.0682. The summed E-state index contributed by atoms with van der Waals surface area (Å²) >= 11 is 0. The second-order valence-corrected chi connectivity index (χ2v) is 3.66. The minimum Gasteiger partial charge on any atom is -0.475 e. The fourth-order valence-electron chi connectivity index (χ4n) is 1.45. The zero-order chi connectivity index (χ0) is 13.1. The van der Waals surface area contributed by atoms with Gasteiger partial charge in [0, 0.05) is 0 Å². The van der Waals surface area contributed by atoms with Crippen molar-refractivity contribution in [3.8, 4) is 0 Å². The van der Waals surface area contributed by atoms with Crippen LogP contribution in [0.15, 0.2) is 30.6 Å². The Morgan fingerprint density at radius 1 is 1.39 bits per heavy atom. The molecule has 2 aromatic rings. The highest BCUT2D eigenvalue weighted by atomic mass is 19.1. The second kappa shape index (κ2) is 4.92. The van der Waals surface area contributed by atoms with E-state index in [4.69, 9.17) is 5.11 Å². The average Bonchev–Trinajstić information content (AvgIpc) is 2.78. The molecule has 0 aliphatic carbocycles. The van der Waals surface area contributed by atoms with Crippen LogP contribution >= 0.6 is 0 Å². The highest BCUT2D eigenvalue weighted by molar-refractivity contribution is 5.82. The molecule has 0 aliphatic rings. The molecular formula is C11H10FN3O3. The van der Waals surface area contributed by atoms with Crippen molar-refractivity contribution in [1.29, 1.82) is 0 Å². The molecule has 0 fully saturated rings. The summed E-state index contributed by atoms with van der Waals surface area (Å²) in [6, 6.07) is 5.38. The number of hydrogen-bond acceptors (Lipinski definition) is 4. The molecule has 1 heterocycles. The van der Waals surface area contributed by atoms with Crippen molar-refractivity contribution in [2.24, 2.45) is 0 Å². The topological polar surface area (TPSA) is 88.2 Å². The number of carboxylic acid groups (broad SMARTS) is 1. The summed E-state index contributed by atoms with van der Waals surface area (Å²) in [6.07, 6.45) is 0.310. The molecule has 7 heteroatoms. The molecule has 2 N–H and O–H groups in total. The Bertz CT molecular complexity index is 553. The summed E-state index contributed by atoms with van der Waals surface area (Å²) in [5.41, 5.74) is 0.517. The number of aromatic carboxylic acids is 1. The fraction of sp³-hybridized carbons (Fsp3) is 0.182. The van der Waals surface area contributed by atoms with E-state index in [1.165, 1.54) is 35.3 Å². The molecule has 1 aromatic heterocycles. The van der Waals surface area contributed by atoms with Crippen LogP contribution in [0.4, 0.5) is 4.39 Å². The van der Waals surface area contributed by atoms with E-state index in [1.54, 1.807) is 0 Å². The molecule has 0 aliphatic heterocycles. The molecule has 0 saturated carbocycles. The number of aliphatic hydroxyl groups excluding tert-OH is 1. The third kappa shape index (κ3) is 2.69. The molecule has 0 bridgehead atoms. The van der Waals surface area contributed by atoms with Crippen molar-refractivity contribution >= 4 is 5.97 Å². The van der Waals surface area contributed by atoms with Crippen LogP contribution in [0.5, 0.6) is 0 Å². The molecule has 1 aromatic carbocycles. The van der Waals surface area contributed by atoms with Crippen LogP contribution in [0, 0.1) is 5.82 Å². The van der Waals surface area contributed by atoms with Gasteiger partial charge in [0.2, 0.25) is 0 Å². The molecule has 0 saturated heterocycles. The van der Waals surface area contributed by atoms with E-state index < -0.39 is 12.1 Å². The molecule has 0 spiro atoms. The molecule has 2 rings (SSSR count). The molecule has 0 amide bonds. The van der Waals surface area contributed by atoms with Gasteiger partial charge in [0.15, 0.2) is 0 Å². The second-order valence-electron chi connectivity index (χ2n) is 3.66. The van der Waals surface area contributed by atoms with E-state index in [0.717, 1.165) is 0 Å². The van der Waals surface area contributed by atoms with Crippen molar-refractivity contribution in [2.45, 2.75) is 12.6 Å². The zero-order valence-corrected chi connectivity index (χ0v) is 9.19. The lowest BCUT2D eigenvalue weighted by atomic mass is 10.1. The third-order valence-corrected chi connectivity index (χ3v) is 2.34. The molecular weight excluding hydrogens is 241 g/mol. The number of aromatic nitrogens is 3. The SMILES string of the molecule is O=C(O)c1ncn(CC(O)c2ccc(F)cc2)n1. The summed E-state index contributed by atoms with van der Waals surface area (Å²) in [6.45, 7) is 0.0475. The number of hydrogen-bond donors (Lipinski definition) is 2. The smallest absolute Gasteiger partial charge is 0.375 e. The van der Waals surface area contributed by atoms with E-state index in [0.29, 0.717) is 5.56 Å². The first kappa shape index (κ1) is 12.2. The summed E-state index contributed by atoms with van der Waals surface area (Å²) in [4.78, 5) is 14.1. The lowest BCUT2D eigenvalue weighted by Crippen LogP contribution is -2.10. The summed E-state index contributed by atoms with van der Waals surface area (Å²) in [5, 5.41) is 22.2. The van der Waals surface area contributed by atoms with E-state index in [9.17, 15) is 14.3 Å². The average molecular weight is 251 g/mol. The van der Waals surface area contributed by atoms with Crippen LogP contribution in [0.1, 0.15) is 22.3 Å². The van der Waals surface area contributed by atoms with Crippen LogP contribution < -0.4 is 0 Å². The Hall–Kier alpha value is -2.28. The first-order chi connectivity index (χ1) is 8.56. The quantitative estimate of drug-likeness (QED) is 0.841. The largest absolute Gasteiger partial charge is 0.475 e. The van der Waals surface area contributed by atoms with E-state index >= 15 is 0 Å². The van der Waals surface area contributed by atoms with Crippen LogP contribution in [0.2, 0.25) is 0 Å². The number of nitrogens with zero attached hydrogens (tertiary/aromatic N) is 3. The highest BCUT2D eigenvalue weighted by Gasteiger charge is 2.12. The van der Waals surface area contributed by atoms with Gasteiger partial charge in [-0.05, 0) is 17.7 Å². The van der Waals surface area contributed by atoms with Crippen molar-refractivity contribution in [2.75, 3.05) is 0 Å². The molecule has 18 heavy (non-hydrogen) atoms. The predicted molar refractivity (Wildman–Crippen MR) is 58.3 cm³/mol. The molecule has 94 valence electrons. The van der Waals surface area contributed by atoms with Crippen LogP contribution in [0.25, 0.3) is 0 Å². The fourth-order valence-corrected chi connectivity index (χ4v) is 1.45. The van der Waals surface area contributed by atoms with Crippen LogP contribution in [-0.4, -0.2) is 30.9 Å². The van der Waals surface area contributed by atoms with Crippen molar-refractivity contribution in [1.82, 2.24) is 14.8 Å². The van der Waals surface area contributed by atoms with Gasteiger partial charge < -0.3 is 10.2 Å². The number of benzene rings is 1. The Morgan fingerprint density at radius 2 is 2.06 bits per heavy atom. The minimum atomic E-state index is -1.23. The number of carboxylic acids is 1. The van der Waals surface area contributed by atoms with Gasteiger partial charge in [0.25, 0.3) is 5.82 Å². The van der Waals surface area contributed by atoms with Gasteiger partial charge in [-0.3, -0.25) is 0 Å². The first-order valence-electron chi connectivity index (χ1n) is 5.12. The monoisotopic (exact) mass is 251 g/mol. The summed E-state index contributed by atoms with van der Waals surface area (Å²) in [5.74, 6) is -1.95. The molecule has 0 radical (unpaired) electrons. The van der Waals surface area contributed by atoms with E-state index in [1.807, 2.05) is 0 Å².